The first-order valence-corrected chi connectivity index (χ1v) is 13.1. The minimum Gasteiger partial charge on any atom is -0.496 e. The number of hydrogen-bond acceptors (Lipinski definition) is 6. The number of benzene rings is 2. The van der Waals surface area contributed by atoms with E-state index in [1.165, 1.54) is 11.1 Å². The van der Waals surface area contributed by atoms with Gasteiger partial charge in [0.25, 0.3) is 0 Å². The second-order valence-corrected chi connectivity index (χ2v) is 9.57. The van der Waals surface area contributed by atoms with Crippen LogP contribution in [0.5, 0.6) is 11.5 Å². The quantitative estimate of drug-likeness (QED) is 0.305. The Balaban J connectivity index is 0.000000245. The Morgan fingerprint density at radius 1 is 0.895 bits per heavy atom. The molecule has 0 aliphatic carbocycles. The molecule has 0 aromatic heterocycles. The third-order valence-electron chi connectivity index (χ3n) is 6.70. The fourth-order valence-corrected chi connectivity index (χ4v) is 4.65. The molecule has 2 heterocycles. The summed E-state index contributed by atoms with van der Waals surface area (Å²) in [7, 11) is 3.34. The first-order valence-electron chi connectivity index (χ1n) is 13.1. The molecule has 0 saturated carbocycles. The molecule has 2 aromatic carbocycles. The Labute approximate surface area is 227 Å². The van der Waals surface area contributed by atoms with Crippen molar-refractivity contribution in [3.8, 4) is 11.5 Å². The van der Waals surface area contributed by atoms with Crippen LogP contribution in [0.2, 0.25) is 0 Å². The van der Waals surface area contributed by atoms with Gasteiger partial charge in [-0.15, -0.1) is 13.2 Å². The van der Waals surface area contributed by atoms with Crippen LogP contribution >= 0.6 is 0 Å². The van der Waals surface area contributed by atoms with Gasteiger partial charge in [-0.2, -0.15) is 0 Å². The summed E-state index contributed by atoms with van der Waals surface area (Å²) in [6, 6.07) is 12.3. The molecule has 0 radical (unpaired) electrons. The number of methoxy groups -OCH3 is 2. The van der Waals surface area contributed by atoms with Crippen LogP contribution in [-0.2, 0) is 19.1 Å². The van der Waals surface area contributed by atoms with Crippen molar-refractivity contribution in [3.05, 3.63) is 84.0 Å². The molecule has 6 heteroatoms. The van der Waals surface area contributed by atoms with E-state index in [4.69, 9.17) is 18.9 Å². The molecule has 3 atom stereocenters. The normalized spacial score (nSPS) is 20.3. The van der Waals surface area contributed by atoms with E-state index in [9.17, 15) is 9.59 Å². The second-order valence-electron chi connectivity index (χ2n) is 9.57. The van der Waals surface area contributed by atoms with Gasteiger partial charge in [-0.25, -0.2) is 0 Å². The second kappa shape index (κ2) is 15.7. The van der Waals surface area contributed by atoms with Gasteiger partial charge >= 0.3 is 11.9 Å². The van der Waals surface area contributed by atoms with Gasteiger partial charge < -0.3 is 18.9 Å². The number of hydrogen-bond donors (Lipinski definition) is 0. The Morgan fingerprint density at radius 2 is 1.42 bits per heavy atom. The molecule has 0 bridgehead atoms. The molecular weight excluding hydrogens is 480 g/mol. The van der Waals surface area contributed by atoms with Crippen molar-refractivity contribution in [1.82, 2.24) is 0 Å². The van der Waals surface area contributed by atoms with Gasteiger partial charge in [0.15, 0.2) is 0 Å². The van der Waals surface area contributed by atoms with Crippen molar-refractivity contribution < 1.29 is 28.5 Å². The fourth-order valence-electron chi connectivity index (χ4n) is 4.65. The van der Waals surface area contributed by atoms with Gasteiger partial charge in [-0.05, 0) is 74.4 Å². The lowest BCUT2D eigenvalue weighted by molar-refractivity contribution is -0.154. The largest absolute Gasteiger partial charge is 0.496 e. The minimum absolute atomic E-state index is 0.0568. The molecule has 2 saturated heterocycles. The average molecular weight is 523 g/mol. The Bertz CT molecular complexity index is 1080. The molecule has 206 valence electrons. The van der Waals surface area contributed by atoms with Crippen LogP contribution in [0.1, 0.15) is 66.7 Å². The summed E-state index contributed by atoms with van der Waals surface area (Å²) in [6.45, 7) is 14.0. The molecule has 1 unspecified atom stereocenters. The van der Waals surface area contributed by atoms with Crippen LogP contribution in [0.4, 0.5) is 0 Å². The molecule has 2 aliphatic rings. The van der Waals surface area contributed by atoms with E-state index >= 15 is 0 Å². The number of cyclic esters (lactones) is 2. The van der Waals surface area contributed by atoms with Crippen molar-refractivity contribution >= 4 is 11.9 Å². The molecule has 2 aromatic rings. The van der Waals surface area contributed by atoms with Gasteiger partial charge in [0.05, 0.1) is 33.4 Å². The minimum atomic E-state index is -0.0959. The van der Waals surface area contributed by atoms with Crippen LogP contribution in [0, 0.1) is 19.8 Å². The maximum atomic E-state index is 11.6. The fraction of sp³-hybridized carbons (Fsp3) is 0.438. The molecular formula is C32H42O6. The highest BCUT2D eigenvalue weighted by Gasteiger charge is 2.30. The van der Waals surface area contributed by atoms with Crippen LogP contribution < -0.4 is 9.47 Å². The first kappa shape index (κ1) is 30.7. The van der Waals surface area contributed by atoms with E-state index in [0.717, 1.165) is 35.5 Å². The topological polar surface area (TPSA) is 71.1 Å². The van der Waals surface area contributed by atoms with Gasteiger partial charge in [-0.3, -0.25) is 9.59 Å². The summed E-state index contributed by atoms with van der Waals surface area (Å²) in [5.41, 5.74) is 4.67. The van der Waals surface area contributed by atoms with Crippen molar-refractivity contribution in [2.75, 3.05) is 27.4 Å². The summed E-state index contributed by atoms with van der Waals surface area (Å²) >= 11 is 0. The Hall–Kier alpha value is -3.54. The smallest absolute Gasteiger partial charge is 0.309 e. The van der Waals surface area contributed by atoms with Gasteiger partial charge in [0.2, 0.25) is 0 Å². The maximum absolute atomic E-state index is 11.6. The van der Waals surface area contributed by atoms with Crippen molar-refractivity contribution in [3.63, 3.8) is 0 Å². The van der Waals surface area contributed by atoms with Crippen molar-refractivity contribution in [2.45, 2.75) is 58.3 Å². The monoisotopic (exact) mass is 522 g/mol. The summed E-state index contributed by atoms with van der Waals surface area (Å²) in [5, 5.41) is 0. The highest BCUT2D eigenvalue weighted by molar-refractivity contribution is 5.73. The predicted molar refractivity (Wildman–Crippen MR) is 151 cm³/mol. The Kier molecular flexibility index (Phi) is 12.6. The number of esters is 2. The number of carbonyl (C=O) groups excluding carboxylic acids is 2. The van der Waals surface area contributed by atoms with E-state index in [2.05, 4.69) is 37.4 Å². The third-order valence-corrected chi connectivity index (χ3v) is 6.70. The SMILES string of the molecule is C=CC.C=CCC1C[C@@H](c2ccc(OC)c(C)c2)COC1=O.COc1ccc([C@@H]2CCC(=O)OC2)cc1C. The van der Waals surface area contributed by atoms with Gasteiger partial charge in [0.1, 0.15) is 11.5 Å². The Morgan fingerprint density at radius 3 is 1.87 bits per heavy atom. The zero-order valence-electron chi connectivity index (χ0n) is 23.5. The summed E-state index contributed by atoms with van der Waals surface area (Å²) in [6.07, 6.45) is 6.45. The number of carbonyl (C=O) groups is 2. The molecule has 6 nitrogen and oxygen atoms in total. The summed E-state index contributed by atoms with van der Waals surface area (Å²) in [5.74, 6) is 2.16. The van der Waals surface area contributed by atoms with E-state index in [1.807, 2.05) is 32.9 Å². The van der Waals surface area contributed by atoms with E-state index < -0.39 is 0 Å². The molecule has 2 fully saturated rings. The molecule has 38 heavy (non-hydrogen) atoms. The zero-order valence-corrected chi connectivity index (χ0v) is 23.5. The number of ether oxygens (including phenoxy) is 4. The molecule has 0 amide bonds. The van der Waals surface area contributed by atoms with Gasteiger partial charge in [-0.1, -0.05) is 36.4 Å². The summed E-state index contributed by atoms with van der Waals surface area (Å²) in [4.78, 5) is 22.6. The highest BCUT2D eigenvalue weighted by atomic mass is 16.5. The van der Waals surface area contributed by atoms with Gasteiger partial charge in [0, 0.05) is 18.3 Å². The van der Waals surface area contributed by atoms with E-state index in [0.29, 0.717) is 32.0 Å². The molecule has 4 rings (SSSR count). The average Bonchev–Trinajstić information content (AvgIpc) is 2.91. The van der Waals surface area contributed by atoms with E-state index in [1.54, 1.807) is 26.4 Å². The lowest BCUT2D eigenvalue weighted by Crippen LogP contribution is -2.29. The zero-order chi connectivity index (χ0) is 28.1. The van der Waals surface area contributed by atoms with E-state index in [-0.39, 0.29) is 23.8 Å². The van der Waals surface area contributed by atoms with Crippen LogP contribution in [0.25, 0.3) is 0 Å². The van der Waals surface area contributed by atoms with Crippen LogP contribution in [0.3, 0.4) is 0 Å². The molecule has 2 aliphatic heterocycles. The molecule has 0 N–H and O–H groups in total. The lowest BCUT2D eigenvalue weighted by atomic mass is 9.85. The highest BCUT2D eigenvalue weighted by Crippen LogP contribution is 2.33. The van der Waals surface area contributed by atoms with Crippen molar-refractivity contribution in [1.29, 1.82) is 0 Å². The standard InChI is InChI=1S/C16H20O3.C13H16O3.C3H6/c1-4-5-13-9-14(10-19-16(13)17)12-6-7-15(18-3)11(2)8-12;1-9-7-10(3-5-12(9)15-2)11-4-6-13(14)16-8-11;1-3-2/h4,6-8,13-14H,1,5,9-10H2,2-3H3;3,5,7,11H,4,6,8H2,1-2H3;3H,1H2,2H3/t13?,14-;11-;/m11./s1. The number of rotatable bonds is 6. The maximum Gasteiger partial charge on any atom is 0.309 e. The number of allylic oxidation sites excluding steroid dienone is 2. The molecule has 0 spiro atoms. The van der Waals surface area contributed by atoms with Crippen LogP contribution in [-0.4, -0.2) is 39.4 Å². The summed E-state index contributed by atoms with van der Waals surface area (Å²) < 4.78 is 20.8. The van der Waals surface area contributed by atoms with Crippen molar-refractivity contribution in [2.24, 2.45) is 5.92 Å². The van der Waals surface area contributed by atoms with Crippen LogP contribution in [0.15, 0.2) is 61.7 Å². The lowest BCUT2D eigenvalue weighted by Gasteiger charge is -2.28. The number of aryl methyl sites for hydroxylation is 2. The predicted octanol–water partition coefficient (Wildman–Crippen LogP) is 6.84. The third kappa shape index (κ3) is 8.79. The first-order chi connectivity index (χ1) is 18.3.